The van der Waals surface area contributed by atoms with E-state index in [0.717, 1.165) is 17.7 Å². The summed E-state index contributed by atoms with van der Waals surface area (Å²) in [5.41, 5.74) is -0.131. The minimum absolute atomic E-state index is 0.187. The fourth-order valence-electron chi connectivity index (χ4n) is 2.42. The Morgan fingerprint density at radius 2 is 2.30 bits per heavy atom. The van der Waals surface area contributed by atoms with Crippen molar-refractivity contribution in [3.63, 3.8) is 0 Å². The molecule has 0 aliphatic carbocycles. The smallest absolute Gasteiger partial charge is 0.329 e. The van der Waals surface area contributed by atoms with Crippen molar-refractivity contribution >= 4 is 35.0 Å². The van der Waals surface area contributed by atoms with Gasteiger partial charge in [0.1, 0.15) is 10.8 Å². The van der Waals surface area contributed by atoms with Crippen LogP contribution < -0.4 is 5.32 Å². The van der Waals surface area contributed by atoms with Gasteiger partial charge in [0.05, 0.1) is 0 Å². The van der Waals surface area contributed by atoms with Crippen molar-refractivity contribution in [3.05, 3.63) is 21.9 Å². The number of carbonyl (C=O) groups is 2. The maximum Gasteiger partial charge on any atom is 0.329 e. The van der Waals surface area contributed by atoms with E-state index in [-0.39, 0.29) is 11.2 Å². The molecule has 1 amide bonds. The van der Waals surface area contributed by atoms with Gasteiger partial charge in [-0.3, -0.25) is 4.79 Å². The van der Waals surface area contributed by atoms with Gasteiger partial charge in [0.25, 0.3) is 0 Å². The van der Waals surface area contributed by atoms with E-state index in [1.165, 1.54) is 4.88 Å². The van der Waals surface area contributed by atoms with Crippen LogP contribution in [0.1, 0.15) is 42.4 Å². The van der Waals surface area contributed by atoms with Crippen LogP contribution in [-0.4, -0.2) is 28.3 Å². The van der Waals surface area contributed by atoms with Crippen LogP contribution in [0.3, 0.4) is 0 Å². The van der Waals surface area contributed by atoms with E-state index >= 15 is 0 Å². The molecule has 0 spiro atoms. The molecule has 4 nitrogen and oxygen atoms in total. The molecule has 6 heteroatoms. The van der Waals surface area contributed by atoms with Crippen molar-refractivity contribution in [2.24, 2.45) is 0 Å². The van der Waals surface area contributed by atoms with Gasteiger partial charge in [-0.15, -0.1) is 23.1 Å². The van der Waals surface area contributed by atoms with Crippen molar-refractivity contribution in [2.45, 2.75) is 43.9 Å². The summed E-state index contributed by atoms with van der Waals surface area (Å²) in [5, 5.41) is 13.8. The van der Waals surface area contributed by atoms with Crippen molar-refractivity contribution in [1.29, 1.82) is 0 Å². The van der Waals surface area contributed by atoms with E-state index in [4.69, 9.17) is 0 Å². The van der Waals surface area contributed by atoms with E-state index in [1.807, 2.05) is 18.4 Å². The fourth-order valence-corrected chi connectivity index (χ4v) is 4.72. The minimum Gasteiger partial charge on any atom is -0.480 e. The normalized spacial score (nSPS) is 20.8. The van der Waals surface area contributed by atoms with Crippen LogP contribution >= 0.6 is 23.1 Å². The number of thioether (sulfide) groups is 1. The Kier molecular flexibility index (Phi) is 4.75. The number of hydrogen-bond donors (Lipinski definition) is 2. The Labute approximate surface area is 127 Å². The molecule has 2 unspecified atom stereocenters. The van der Waals surface area contributed by atoms with E-state index < -0.39 is 11.5 Å². The number of fused-ring (bicyclic) bond motifs is 1. The highest BCUT2D eigenvalue weighted by Crippen LogP contribution is 2.39. The molecule has 1 aliphatic heterocycles. The number of nitrogens with one attached hydrogen (secondary N) is 1. The number of thiophene rings is 1. The van der Waals surface area contributed by atoms with Crippen LogP contribution in [0.25, 0.3) is 0 Å². The van der Waals surface area contributed by atoms with Crippen molar-refractivity contribution in [3.8, 4) is 0 Å². The van der Waals surface area contributed by atoms with Crippen LogP contribution in [0, 0.1) is 0 Å². The zero-order valence-electron chi connectivity index (χ0n) is 11.6. The molecular weight excluding hydrogens is 294 g/mol. The van der Waals surface area contributed by atoms with E-state index in [0.29, 0.717) is 12.8 Å². The SMILES string of the molecule is CCCC(C)(NC(=O)C1SCCc2sccc21)C(=O)O. The van der Waals surface area contributed by atoms with Gasteiger partial charge in [-0.2, -0.15) is 0 Å². The molecule has 0 radical (unpaired) electrons. The second-order valence-electron chi connectivity index (χ2n) is 5.18. The summed E-state index contributed by atoms with van der Waals surface area (Å²) < 4.78 is 0. The lowest BCUT2D eigenvalue weighted by Gasteiger charge is -2.29. The second-order valence-corrected chi connectivity index (χ2v) is 7.39. The maximum absolute atomic E-state index is 12.5. The number of carboxylic acids is 1. The van der Waals surface area contributed by atoms with Crippen LogP contribution in [0.2, 0.25) is 0 Å². The largest absolute Gasteiger partial charge is 0.480 e. The molecule has 0 aromatic carbocycles. The lowest BCUT2D eigenvalue weighted by atomic mass is 9.95. The lowest BCUT2D eigenvalue weighted by molar-refractivity contribution is -0.147. The molecule has 0 saturated carbocycles. The Morgan fingerprint density at radius 1 is 1.55 bits per heavy atom. The summed E-state index contributed by atoms with van der Waals surface area (Å²) in [4.78, 5) is 25.1. The molecule has 2 N–H and O–H groups in total. The molecular formula is C14H19NO3S2. The summed E-state index contributed by atoms with van der Waals surface area (Å²) in [6, 6.07) is 1.98. The predicted molar refractivity (Wildman–Crippen MR) is 82.3 cm³/mol. The Hall–Kier alpha value is -1.01. The predicted octanol–water partition coefficient (Wildman–Crippen LogP) is 2.84. The van der Waals surface area contributed by atoms with Crippen LogP contribution in [-0.2, 0) is 16.0 Å². The molecule has 2 heterocycles. The molecule has 2 atom stereocenters. The topological polar surface area (TPSA) is 66.4 Å². The number of carbonyl (C=O) groups excluding carboxylic acids is 1. The van der Waals surface area contributed by atoms with Crippen molar-refractivity contribution in [1.82, 2.24) is 5.32 Å². The number of aryl methyl sites for hydroxylation is 1. The average molecular weight is 313 g/mol. The third-order valence-corrected chi connectivity index (χ3v) is 5.77. The molecule has 1 aromatic heterocycles. The first-order chi connectivity index (χ1) is 9.48. The molecule has 1 aromatic rings. The summed E-state index contributed by atoms with van der Waals surface area (Å²) in [7, 11) is 0. The minimum atomic E-state index is -1.18. The van der Waals surface area contributed by atoms with E-state index in [9.17, 15) is 14.7 Å². The zero-order chi connectivity index (χ0) is 14.8. The molecule has 0 fully saturated rings. The maximum atomic E-state index is 12.5. The standard InChI is InChI=1S/C14H19NO3S2/c1-3-6-14(2,13(17)18)15-12(16)11-9-4-7-19-10(9)5-8-20-11/h4,7,11H,3,5-6,8H2,1-2H3,(H,15,16)(H,17,18). The van der Waals surface area contributed by atoms with Crippen LogP contribution in [0.15, 0.2) is 11.4 Å². The number of amides is 1. The quantitative estimate of drug-likeness (QED) is 0.877. The Balaban J connectivity index is 2.15. The monoisotopic (exact) mass is 313 g/mol. The molecule has 110 valence electrons. The second kappa shape index (κ2) is 6.18. The third-order valence-electron chi connectivity index (χ3n) is 3.54. The first kappa shape index (κ1) is 15.4. The van der Waals surface area contributed by atoms with Gasteiger partial charge in [0, 0.05) is 4.88 Å². The van der Waals surface area contributed by atoms with Gasteiger partial charge in [0.15, 0.2) is 0 Å². The number of carboxylic acid groups (broad SMARTS) is 1. The van der Waals surface area contributed by atoms with Crippen LogP contribution in [0.5, 0.6) is 0 Å². The van der Waals surface area contributed by atoms with Crippen molar-refractivity contribution in [2.75, 3.05) is 5.75 Å². The van der Waals surface area contributed by atoms with Gasteiger partial charge in [-0.05, 0) is 42.5 Å². The molecule has 2 rings (SSSR count). The van der Waals surface area contributed by atoms with Gasteiger partial charge in [0.2, 0.25) is 5.91 Å². The van der Waals surface area contributed by atoms with Gasteiger partial charge >= 0.3 is 5.97 Å². The third kappa shape index (κ3) is 3.01. The number of aliphatic carboxylic acids is 1. The first-order valence-corrected chi connectivity index (χ1v) is 8.64. The number of hydrogen-bond acceptors (Lipinski definition) is 4. The molecule has 20 heavy (non-hydrogen) atoms. The van der Waals surface area contributed by atoms with Gasteiger partial charge in [-0.1, -0.05) is 13.3 Å². The fraction of sp³-hybridized carbons (Fsp3) is 0.571. The Morgan fingerprint density at radius 3 is 2.95 bits per heavy atom. The summed E-state index contributed by atoms with van der Waals surface area (Å²) in [6.07, 6.45) is 2.14. The zero-order valence-corrected chi connectivity index (χ0v) is 13.3. The molecule has 0 saturated heterocycles. The van der Waals surface area contributed by atoms with E-state index in [2.05, 4.69) is 5.32 Å². The van der Waals surface area contributed by atoms with Crippen LogP contribution in [0.4, 0.5) is 0 Å². The summed E-state index contributed by atoms with van der Waals surface area (Å²) in [6.45, 7) is 3.50. The Bertz CT molecular complexity index is 514. The summed E-state index contributed by atoms with van der Waals surface area (Å²) >= 11 is 3.26. The highest BCUT2D eigenvalue weighted by Gasteiger charge is 2.37. The highest BCUT2D eigenvalue weighted by molar-refractivity contribution is 8.00. The number of rotatable bonds is 5. The van der Waals surface area contributed by atoms with Gasteiger partial charge < -0.3 is 10.4 Å². The lowest BCUT2D eigenvalue weighted by Crippen LogP contribution is -2.53. The van der Waals surface area contributed by atoms with Gasteiger partial charge in [-0.25, -0.2) is 4.79 Å². The van der Waals surface area contributed by atoms with Crippen molar-refractivity contribution < 1.29 is 14.7 Å². The average Bonchev–Trinajstić information content (AvgIpc) is 2.86. The highest BCUT2D eigenvalue weighted by atomic mass is 32.2. The molecule has 0 bridgehead atoms. The molecule has 1 aliphatic rings. The first-order valence-electron chi connectivity index (χ1n) is 6.71. The summed E-state index contributed by atoms with van der Waals surface area (Å²) in [5.74, 6) is -0.254. The van der Waals surface area contributed by atoms with E-state index in [1.54, 1.807) is 30.0 Å².